The highest BCUT2D eigenvalue weighted by molar-refractivity contribution is 6.74. The number of hydrogen-bond donors (Lipinski definition) is 0. The number of hydrogen-bond acceptors (Lipinski definition) is 3. The summed E-state index contributed by atoms with van der Waals surface area (Å²) in [5.74, 6) is -0.397. The molecule has 0 rings (SSSR count). The zero-order chi connectivity index (χ0) is 13.1. The molecular formula is C12H24O3Si. The summed E-state index contributed by atoms with van der Waals surface area (Å²) >= 11 is 0. The van der Waals surface area contributed by atoms with Crippen molar-refractivity contribution in [3.63, 3.8) is 0 Å². The van der Waals surface area contributed by atoms with Crippen molar-refractivity contribution in [2.45, 2.75) is 51.9 Å². The summed E-state index contributed by atoms with van der Waals surface area (Å²) in [7, 11) is -0.504. The Bertz CT molecular complexity index is 276. The number of carbonyl (C=O) groups excluding carboxylic acids is 1. The Kier molecular flexibility index (Phi) is 4.95. The smallest absolute Gasteiger partial charge is 0.335 e. The maximum Gasteiger partial charge on any atom is 0.335 e. The second kappa shape index (κ2) is 5.14. The fourth-order valence-corrected chi connectivity index (χ4v) is 2.37. The van der Waals surface area contributed by atoms with Crippen LogP contribution >= 0.6 is 0 Å². The third-order valence-electron chi connectivity index (χ3n) is 3.22. The number of methoxy groups -OCH3 is 1. The van der Waals surface area contributed by atoms with Crippen LogP contribution in [0, 0.1) is 0 Å². The third-order valence-corrected chi connectivity index (χ3v) is 7.77. The minimum absolute atomic E-state index is 0.123. The first kappa shape index (κ1) is 15.4. The van der Waals surface area contributed by atoms with Crippen LogP contribution in [0.5, 0.6) is 0 Å². The van der Waals surface area contributed by atoms with Crippen LogP contribution in [0.3, 0.4) is 0 Å². The van der Waals surface area contributed by atoms with E-state index in [4.69, 9.17) is 4.43 Å². The molecule has 0 aliphatic heterocycles. The highest BCUT2D eigenvalue weighted by atomic mass is 28.4. The lowest BCUT2D eigenvalue weighted by atomic mass is 10.2. The van der Waals surface area contributed by atoms with Crippen LogP contribution in [0.4, 0.5) is 0 Å². The lowest BCUT2D eigenvalue weighted by molar-refractivity contribution is -0.137. The Hall–Kier alpha value is -0.613. The summed E-state index contributed by atoms with van der Waals surface area (Å²) in [6.45, 7) is 16.3. The molecular weight excluding hydrogens is 220 g/mol. The van der Waals surface area contributed by atoms with E-state index in [1.807, 2.05) is 6.92 Å². The van der Waals surface area contributed by atoms with Gasteiger partial charge in [0, 0.05) is 0 Å². The Balaban J connectivity index is 4.63. The monoisotopic (exact) mass is 244 g/mol. The predicted octanol–water partition coefficient (Wildman–Crippen LogP) is 3.13. The zero-order valence-corrected chi connectivity index (χ0v) is 12.5. The van der Waals surface area contributed by atoms with E-state index in [1.54, 1.807) is 0 Å². The molecule has 1 atom stereocenters. The van der Waals surface area contributed by atoms with E-state index in [0.29, 0.717) is 5.57 Å². The van der Waals surface area contributed by atoms with E-state index in [-0.39, 0.29) is 11.1 Å². The van der Waals surface area contributed by atoms with Gasteiger partial charge in [0.25, 0.3) is 0 Å². The highest BCUT2D eigenvalue weighted by Gasteiger charge is 2.39. The van der Waals surface area contributed by atoms with Gasteiger partial charge in [0.2, 0.25) is 0 Å². The highest BCUT2D eigenvalue weighted by Crippen LogP contribution is 2.37. The van der Waals surface area contributed by atoms with Gasteiger partial charge in [-0.25, -0.2) is 4.79 Å². The van der Waals surface area contributed by atoms with E-state index < -0.39 is 14.3 Å². The molecule has 94 valence electrons. The Morgan fingerprint density at radius 3 is 2.06 bits per heavy atom. The van der Waals surface area contributed by atoms with Crippen molar-refractivity contribution in [3.8, 4) is 0 Å². The Morgan fingerprint density at radius 1 is 1.31 bits per heavy atom. The van der Waals surface area contributed by atoms with E-state index in [9.17, 15) is 4.79 Å². The van der Waals surface area contributed by atoms with Gasteiger partial charge in [-0.3, -0.25) is 0 Å². The lowest BCUT2D eigenvalue weighted by Crippen LogP contribution is -2.44. The molecule has 16 heavy (non-hydrogen) atoms. The molecule has 0 aromatic carbocycles. The molecule has 0 saturated carbocycles. The molecule has 0 N–H and O–H groups in total. The normalized spacial score (nSPS) is 14.4. The summed E-state index contributed by atoms with van der Waals surface area (Å²) < 4.78 is 10.7. The molecule has 0 fully saturated rings. The maximum atomic E-state index is 11.3. The van der Waals surface area contributed by atoms with Gasteiger partial charge in [0.05, 0.1) is 18.8 Å². The summed E-state index contributed by atoms with van der Waals surface area (Å²) in [5.41, 5.74) is 0.382. The molecule has 0 bridgehead atoms. The molecule has 0 spiro atoms. The van der Waals surface area contributed by atoms with Crippen LogP contribution < -0.4 is 0 Å². The molecule has 0 radical (unpaired) electrons. The largest absolute Gasteiger partial charge is 0.466 e. The zero-order valence-electron chi connectivity index (χ0n) is 11.5. The molecule has 0 heterocycles. The molecule has 0 saturated heterocycles. The number of ether oxygens (including phenoxy) is 1. The van der Waals surface area contributed by atoms with Crippen LogP contribution in [0.15, 0.2) is 12.2 Å². The summed E-state index contributed by atoms with van der Waals surface area (Å²) in [6, 6.07) is 0. The topological polar surface area (TPSA) is 35.5 Å². The van der Waals surface area contributed by atoms with Crippen molar-refractivity contribution in [1.82, 2.24) is 0 Å². The lowest BCUT2D eigenvalue weighted by Gasteiger charge is -2.38. The number of esters is 1. The molecule has 0 aliphatic carbocycles. The van der Waals surface area contributed by atoms with Crippen molar-refractivity contribution in [1.29, 1.82) is 0 Å². The third kappa shape index (κ3) is 3.76. The van der Waals surface area contributed by atoms with Crippen LogP contribution in [0.25, 0.3) is 0 Å². The van der Waals surface area contributed by atoms with E-state index in [1.165, 1.54) is 7.11 Å². The fourth-order valence-electron chi connectivity index (χ4n) is 0.987. The average Bonchev–Trinajstić information content (AvgIpc) is 2.12. The van der Waals surface area contributed by atoms with Crippen molar-refractivity contribution in [2.24, 2.45) is 0 Å². The first-order valence-electron chi connectivity index (χ1n) is 5.48. The Morgan fingerprint density at radius 2 is 1.75 bits per heavy atom. The van der Waals surface area contributed by atoms with Gasteiger partial charge in [-0.15, -0.1) is 0 Å². The van der Waals surface area contributed by atoms with Crippen molar-refractivity contribution < 1.29 is 14.0 Å². The molecule has 4 heteroatoms. The quantitative estimate of drug-likeness (QED) is 0.433. The Labute approximate surface area is 100.0 Å². The van der Waals surface area contributed by atoms with Gasteiger partial charge < -0.3 is 9.16 Å². The predicted molar refractivity (Wildman–Crippen MR) is 68.9 cm³/mol. The van der Waals surface area contributed by atoms with Gasteiger partial charge in [-0.05, 0) is 25.1 Å². The molecule has 0 amide bonds. The first-order valence-corrected chi connectivity index (χ1v) is 8.38. The number of rotatable bonds is 4. The minimum atomic E-state index is -1.86. The number of carbonyl (C=O) groups is 1. The van der Waals surface area contributed by atoms with Gasteiger partial charge in [-0.1, -0.05) is 27.4 Å². The van der Waals surface area contributed by atoms with Crippen molar-refractivity contribution in [2.75, 3.05) is 7.11 Å². The fraction of sp³-hybridized carbons (Fsp3) is 0.750. The van der Waals surface area contributed by atoms with E-state index >= 15 is 0 Å². The SMILES string of the molecule is C=C(C(=O)OC)C(C)O[Si](C)(C)C(C)(C)C. The van der Waals surface area contributed by atoms with Crippen LogP contribution in [0.2, 0.25) is 18.1 Å². The maximum absolute atomic E-state index is 11.3. The summed E-state index contributed by atoms with van der Waals surface area (Å²) in [4.78, 5) is 11.3. The summed E-state index contributed by atoms with van der Waals surface area (Å²) in [5, 5.41) is 0.123. The van der Waals surface area contributed by atoms with Crippen LogP contribution in [0.1, 0.15) is 27.7 Å². The average molecular weight is 244 g/mol. The van der Waals surface area contributed by atoms with Crippen LogP contribution in [-0.2, 0) is 14.0 Å². The van der Waals surface area contributed by atoms with Crippen molar-refractivity contribution >= 4 is 14.3 Å². The van der Waals surface area contributed by atoms with E-state index in [2.05, 4.69) is 45.2 Å². The summed E-state index contributed by atoms with van der Waals surface area (Å²) in [6.07, 6.45) is -0.284. The molecule has 0 aliphatic rings. The second-order valence-electron chi connectivity index (χ2n) is 5.54. The molecule has 0 aromatic heterocycles. The molecule has 3 nitrogen and oxygen atoms in total. The minimum Gasteiger partial charge on any atom is -0.466 e. The van der Waals surface area contributed by atoms with Gasteiger partial charge >= 0.3 is 5.97 Å². The van der Waals surface area contributed by atoms with Crippen molar-refractivity contribution in [3.05, 3.63) is 12.2 Å². The standard InChI is InChI=1S/C12H24O3Si/c1-9(11(13)14-6)10(2)15-16(7,8)12(3,4)5/h10H,1H2,2-8H3. The second-order valence-corrected chi connectivity index (χ2v) is 10.3. The van der Waals surface area contributed by atoms with Gasteiger partial charge in [-0.2, -0.15) is 0 Å². The molecule has 1 unspecified atom stereocenters. The van der Waals surface area contributed by atoms with Gasteiger partial charge in [0.15, 0.2) is 8.32 Å². The van der Waals surface area contributed by atoms with Gasteiger partial charge in [0.1, 0.15) is 0 Å². The molecule has 0 aromatic rings. The first-order chi connectivity index (χ1) is 7.03. The van der Waals surface area contributed by atoms with Crippen LogP contribution in [-0.4, -0.2) is 27.5 Å². The van der Waals surface area contributed by atoms with E-state index in [0.717, 1.165) is 0 Å².